The molecule has 2 heterocycles. The van der Waals surface area contributed by atoms with Crippen LogP contribution in [0.15, 0.2) is 36.4 Å². The number of rotatable bonds is 3. The standard InChI is InChI=1S/C17H22N4O/c1-13-12-16(19-21(13)15-6-4-3-5-7-15)17(22)20-10-8-14(18-2)9-11-20/h3-7,12,14,18H,8-11H2,1-2H3. The molecule has 5 heteroatoms. The van der Waals surface area contributed by atoms with Crippen LogP contribution in [0.3, 0.4) is 0 Å². The highest BCUT2D eigenvalue weighted by atomic mass is 16.2. The SMILES string of the molecule is CNC1CCN(C(=O)c2cc(C)n(-c3ccccc3)n2)CC1. The largest absolute Gasteiger partial charge is 0.337 e. The van der Waals surface area contributed by atoms with Crippen LogP contribution < -0.4 is 5.32 Å². The number of benzene rings is 1. The molecule has 3 rings (SSSR count). The van der Waals surface area contributed by atoms with Gasteiger partial charge < -0.3 is 10.2 Å². The van der Waals surface area contributed by atoms with Gasteiger partial charge in [-0.3, -0.25) is 4.79 Å². The second kappa shape index (κ2) is 6.32. The van der Waals surface area contributed by atoms with Crippen molar-refractivity contribution in [3.63, 3.8) is 0 Å². The molecule has 5 nitrogen and oxygen atoms in total. The first-order valence-corrected chi connectivity index (χ1v) is 7.77. The number of aromatic nitrogens is 2. The third-order valence-corrected chi connectivity index (χ3v) is 4.30. The van der Waals surface area contributed by atoms with Gasteiger partial charge in [-0.15, -0.1) is 0 Å². The Kier molecular flexibility index (Phi) is 4.24. The van der Waals surface area contributed by atoms with Crippen molar-refractivity contribution in [2.45, 2.75) is 25.8 Å². The second-order valence-corrected chi connectivity index (χ2v) is 5.77. The topological polar surface area (TPSA) is 50.2 Å². The van der Waals surface area contributed by atoms with Gasteiger partial charge in [0.15, 0.2) is 5.69 Å². The first-order chi connectivity index (χ1) is 10.7. The number of hydrogen-bond donors (Lipinski definition) is 1. The molecular formula is C17H22N4O. The normalized spacial score (nSPS) is 16.0. The number of nitrogens with zero attached hydrogens (tertiary/aromatic N) is 3. The summed E-state index contributed by atoms with van der Waals surface area (Å²) in [6, 6.07) is 12.3. The van der Waals surface area contributed by atoms with E-state index < -0.39 is 0 Å². The van der Waals surface area contributed by atoms with E-state index in [2.05, 4.69) is 10.4 Å². The maximum absolute atomic E-state index is 12.6. The quantitative estimate of drug-likeness (QED) is 0.943. The van der Waals surface area contributed by atoms with Gasteiger partial charge in [0.05, 0.1) is 5.69 Å². The van der Waals surface area contributed by atoms with Crippen molar-refractivity contribution in [3.8, 4) is 5.69 Å². The number of likely N-dealkylation sites (tertiary alicyclic amines) is 1. The first kappa shape index (κ1) is 14.8. The van der Waals surface area contributed by atoms with Crippen LogP contribution in [0.4, 0.5) is 0 Å². The van der Waals surface area contributed by atoms with Crippen LogP contribution in [-0.2, 0) is 0 Å². The van der Waals surface area contributed by atoms with Crippen molar-refractivity contribution >= 4 is 5.91 Å². The average Bonchev–Trinajstić information content (AvgIpc) is 2.97. The lowest BCUT2D eigenvalue weighted by atomic mass is 10.1. The Morgan fingerprint density at radius 2 is 1.91 bits per heavy atom. The van der Waals surface area contributed by atoms with Gasteiger partial charge in [-0.25, -0.2) is 4.68 Å². The number of aryl methyl sites for hydroxylation is 1. The molecule has 1 aliphatic heterocycles. The number of piperidine rings is 1. The highest BCUT2D eigenvalue weighted by molar-refractivity contribution is 5.92. The lowest BCUT2D eigenvalue weighted by molar-refractivity contribution is 0.0701. The van der Waals surface area contributed by atoms with Crippen molar-refractivity contribution in [1.29, 1.82) is 0 Å². The molecule has 1 amide bonds. The molecule has 116 valence electrons. The zero-order chi connectivity index (χ0) is 15.5. The van der Waals surface area contributed by atoms with E-state index in [1.54, 1.807) is 0 Å². The van der Waals surface area contributed by atoms with Crippen molar-refractivity contribution in [2.24, 2.45) is 0 Å². The summed E-state index contributed by atoms with van der Waals surface area (Å²) in [7, 11) is 1.98. The number of carbonyl (C=O) groups is 1. The van der Waals surface area contributed by atoms with Crippen molar-refractivity contribution in [1.82, 2.24) is 20.0 Å². The Bertz CT molecular complexity index is 642. The van der Waals surface area contributed by atoms with Gasteiger partial charge in [0.2, 0.25) is 0 Å². The zero-order valence-electron chi connectivity index (χ0n) is 13.1. The Hall–Kier alpha value is -2.14. The van der Waals surface area contributed by atoms with Gasteiger partial charge in [0, 0.05) is 24.8 Å². The van der Waals surface area contributed by atoms with Crippen molar-refractivity contribution < 1.29 is 4.79 Å². The Balaban J connectivity index is 1.77. The van der Waals surface area contributed by atoms with Gasteiger partial charge in [-0.2, -0.15) is 5.10 Å². The number of amides is 1. The maximum atomic E-state index is 12.6. The van der Waals surface area contributed by atoms with Crippen molar-refractivity contribution in [2.75, 3.05) is 20.1 Å². The zero-order valence-corrected chi connectivity index (χ0v) is 13.1. The lowest BCUT2D eigenvalue weighted by Crippen LogP contribution is -2.44. The van der Waals surface area contributed by atoms with E-state index in [1.807, 2.05) is 60.0 Å². The summed E-state index contributed by atoms with van der Waals surface area (Å²) in [5.41, 5.74) is 2.48. The fourth-order valence-corrected chi connectivity index (χ4v) is 2.94. The van der Waals surface area contributed by atoms with Gasteiger partial charge in [0.1, 0.15) is 0 Å². The first-order valence-electron chi connectivity index (χ1n) is 7.77. The highest BCUT2D eigenvalue weighted by Gasteiger charge is 2.24. The van der Waals surface area contributed by atoms with Crippen molar-refractivity contribution in [3.05, 3.63) is 47.8 Å². The van der Waals surface area contributed by atoms with Crippen LogP contribution in [0.2, 0.25) is 0 Å². The molecule has 1 aromatic heterocycles. The molecule has 0 spiro atoms. The third kappa shape index (κ3) is 2.90. The smallest absolute Gasteiger partial charge is 0.274 e. The summed E-state index contributed by atoms with van der Waals surface area (Å²) in [5.74, 6) is 0.0346. The number of para-hydroxylation sites is 1. The van der Waals surface area contributed by atoms with Gasteiger partial charge in [-0.05, 0) is 45.0 Å². The Morgan fingerprint density at radius 1 is 1.23 bits per heavy atom. The number of nitrogens with one attached hydrogen (secondary N) is 1. The maximum Gasteiger partial charge on any atom is 0.274 e. The minimum absolute atomic E-state index is 0.0346. The van der Waals surface area contributed by atoms with Crippen LogP contribution in [-0.4, -0.2) is 46.8 Å². The van der Waals surface area contributed by atoms with E-state index in [9.17, 15) is 4.79 Å². The van der Waals surface area contributed by atoms with Crippen LogP contribution >= 0.6 is 0 Å². The summed E-state index contributed by atoms with van der Waals surface area (Å²) in [4.78, 5) is 14.5. The fourth-order valence-electron chi connectivity index (χ4n) is 2.94. The third-order valence-electron chi connectivity index (χ3n) is 4.30. The van der Waals surface area contributed by atoms with E-state index in [1.165, 1.54) is 0 Å². The van der Waals surface area contributed by atoms with E-state index >= 15 is 0 Å². The highest BCUT2D eigenvalue weighted by Crippen LogP contribution is 2.16. The predicted octanol–water partition coefficient (Wildman–Crippen LogP) is 2.00. The summed E-state index contributed by atoms with van der Waals surface area (Å²) >= 11 is 0. The van der Waals surface area contributed by atoms with Crippen LogP contribution in [0, 0.1) is 6.92 Å². The lowest BCUT2D eigenvalue weighted by Gasteiger charge is -2.31. The molecule has 1 N–H and O–H groups in total. The molecule has 0 aliphatic carbocycles. The minimum Gasteiger partial charge on any atom is -0.337 e. The molecule has 0 saturated carbocycles. The summed E-state index contributed by atoms with van der Waals surface area (Å²) in [6.45, 7) is 3.56. The fraction of sp³-hybridized carbons (Fsp3) is 0.412. The van der Waals surface area contributed by atoms with E-state index in [0.717, 1.165) is 37.3 Å². The predicted molar refractivity (Wildman–Crippen MR) is 86.3 cm³/mol. The van der Waals surface area contributed by atoms with E-state index in [-0.39, 0.29) is 5.91 Å². The molecule has 2 aromatic rings. The molecule has 1 saturated heterocycles. The summed E-state index contributed by atoms with van der Waals surface area (Å²) in [5, 5.41) is 7.78. The monoisotopic (exact) mass is 298 g/mol. The molecule has 0 atom stereocenters. The number of hydrogen-bond acceptors (Lipinski definition) is 3. The Morgan fingerprint density at radius 3 is 2.55 bits per heavy atom. The number of carbonyl (C=O) groups excluding carboxylic acids is 1. The molecule has 0 radical (unpaired) electrons. The molecular weight excluding hydrogens is 276 g/mol. The van der Waals surface area contributed by atoms with Crippen LogP contribution in [0.5, 0.6) is 0 Å². The van der Waals surface area contributed by atoms with Gasteiger partial charge in [-0.1, -0.05) is 18.2 Å². The minimum atomic E-state index is 0.0346. The Labute approximate surface area is 130 Å². The molecule has 1 fully saturated rings. The second-order valence-electron chi connectivity index (χ2n) is 5.77. The molecule has 1 aliphatic rings. The van der Waals surface area contributed by atoms with Crippen LogP contribution in [0.1, 0.15) is 29.0 Å². The average molecular weight is 298 g/mol. The van der Waals surface area contributed by atoms with E-state index in [0.29, 0.717) is 11.7 Å². The van der Waals surface area contributed by atoms with Gasteiger partial charge in [0.25, 0.3) is 5.91 Å². The molecule has 1 aromatic carbocycles. The summed E-state index contributed by atoms with van der Waals surface area (Å²) < 4.78 is 1.83. The molecule has 0 unspecified atom stereocenters. The molecule has 22 heavy (non-hydrogen) atoms. The van der Waals surface area contributed by atoms with E-state index in [4.69, 9.17) is 0 Å². The van der Waals surface area contributed by atoms with Gasteiger partial charge >= 0.3 is 0 Å². The molecule has 0 bridgehead atoms. The summed E-state index contributed by atoms with van der Waals surface area (Å²) in [6.07, 6.45) is 2.00. The van der Waals surface area contributed by atoms with Crippen LogP contribution in [0.25, 0.3) is 5.69 Å².